The summed E-state index contributed by atoms with van der Waals surface area (Å²) in [6, 6.07) is 0. The van der Waals surface area contributed by atoms with Gasteiger partial charge in [-0.05, 0) is 55.9 Å². The Morgan fingerprint density at radius 3 is 2.17 bits per heavy atom. The van der Waals surface area contributed by atoms with E-state index in [0.717, 1.165) is 45.6 Å². The maximum absolute atomic E-state index is 14.1. The van der Waals surface area contributed by atoms with E-state index < -0.39 is 107 Å². The first-order valence-corrected chi connectivity index (χ1v) is 24.7. The number of Topliss-reactive ketones (excluding diaryl/α,β-unsaturated/α-hetero) is 1. The molecule has 3 saturated heterocycles. The summed E-state index contributed by atoms with van der Waals surface area (Å²) in [5, 5.41) is 35.3. The van der Waals surface area contributed by atoms with Crippen molar-refractivity contribution in [3.05, 3.63) is 11.3 Å². The lowest BCUT2D eigenvalue weighted by Crippen LogP contribution is -2.79. The van der Waals surface area contributed by atoms with Crippen LogP contribution < -0.4 is 0 Å². The Kier molecular flexibility index (Phi) is 16.1. The molecule has 6 fully saturated rings. The van der Waals surface area contributed by atoms with Gasteiger partial charge in [0.15, 0.2) is 17.8 Å². The number of fused-ring (bicyclic) bond motifs is 2. The molecule has 3 saturated carbocycles. The van der Waals surface area contributed by atoms with Crippen LogP contribution in [-0.4, -0.2) is 120 Å². The van der Waals surface area contributed by atoms with Crippen LogP contribution in [0.2, 0.25) is 0 Å². The summed E-state index contributed by atoms with van der Waals surface area (Å²) >= 11 is 0. The molecule has 4 aliphatic carbocycles. The second kappa shape index (κ2) is 21.0. The minimum absolute atomic E-state index is 0.0635. The Hall–Kier alpha value is -3.15. The normalized spacial score (nSPS) is 36.9. The number of esters is 3. The summed E-state index contributed by atoms with van der Waals surface area (Å²) in [7, 11) is 1.08. The average molecular weight is 919 g/mol. The van der Waals surface area contributed by atoms with Crippen LogP contribution in [0.25, 0.3) is 0 Å². The van der Waals surface area contributed by atoms with Gasteiger partial charge in [-0.1, -0.05) is 110 Å². The number of rotatable bonds is 21. The van der Waals surface area contributed by atoms with Gasteiger partial charge in [-0.3, -0.25) is 9.59 Å². The molecule has 3 heterocycles. The number of allylic oxidation sites excluding steroid dienone is 2. The second-order valence-corrected chi connectivity index (χ2v) is 20.5. The van der Waals surface area contributed by atoms with Crippen molar-refractivity contribution in [3.63, 3.8) is 0 Å². The van der Waals surface area contributed by atoms with Gasteiger partial charge >= 0.3 is 24.1 Å². The van der Waals surface area contributed by atoms with Gasteiger partial charge in [0.2, 0.25) is 11.7 Å². The first-order chi connectivity index (χ1) is 31.1. The van der Waals surface area contributed by atoms with Crippen LogP contribution in [-0.2, 0) is 57.1 Å². The summed E-state index contributed by atoms with van der Waals surface area (Å²) in [6.07, 6.45) is 11.2. The number of hydrogen-bond donors (Lipinski definition) is 3. The van der Waals surface area contributed by atoms with E-state index in [2.05, 4.69) is 6.92 Å². The largest absolute Gasteiger partial charge is 0.514 e. The molecule has 16 heteroatoms. The molecule has 0 aromatic heterocycles. The lowest BCUT2D eigenvalue weighted by atomic mass is 9.38. The van der Waals surface area contributed by atoms with Crippen LogP contribution in [0.1, 0.15) is 162 Å². The van der Waals surface area contributed by atoms with Gasteiger partial charge in [-0.25, -0.2) is 14.4 Å². The fraction of sp³-hybridized carbons (Fsp3) is 0.857. The van der Waals surface area contributed by atoms with E-state index >= 15 is 0 Å². The smallest absolute Gasteiger partial charge is 0.467 e. The molecule has 7 aliphatic rings. The zero-order valence-corrected chi connectivity index (χ0v) is 39.0. The van der Waals surface area contributed by atoms with Crippen molar-refractivity contribution in [2.45, 2.75) is 210 Å². The van der Waals surface area contributed by atoms with E-state index in [1.165, 1.54) is 70.6 Å². The van der Waals surface area contributed by atoms with Crippen molar-refractivity contribution in [3.8, 4) is 0 Å². The van der Waals surface area contributed by atoms with Crippen LogP contribution >= 0.6 is 0 Å². The van der Waals surface area contributed by atoms with Crippen molar-refractivity contribution < 1.29 is 77.2 Å². The molecule has 65 heavy (non-hydrogen) atoms. The van der Waals surface area contributed by atoms with E-state index in [9.17, 15) is 39.3 Å². The monoisotopic (exact) mass is 918 g/mol. The van der Waals surface area contributed by atoms with E-state index in [1.807, 2.05) is 0 Å². The van der Waals surface area contributed by atoms with E-state index in [-0.39, 0.29) is 44.7 Å². The number of ether oxygens (including phenoxy) is 8. The molecule has 0 amide bonds. The van der Waals surface area contributed by atoms with E-state index in [0.29, 0.717) is 18.4 Å². The Morgan fingerprint density at radius 1 is 0.877 bits per heavy atom. The highest BCUT2D eigenvalue weighted by atomic mass is 16.8. The van der Waals surface area contributed by atoms with Crippen LogP contribution in [0.3, 0.4) is 0 Å². The number of methoxy groups -OCH3 is 1. The number of aliphatic hydroxyl groups excluding tert-OH is 2. The quantitative estimate of drug-likeness (QED) is 0.0640. The number of unbranched alkanes of at least 4 members (excludes halogenated alkanes) is 12. The van der Waals surface area contributed by atoms with E-state index in [1.54, 1.807) is 13.8 Å². The van der Waals surface area contributed by atoms with Gasteiger partial charge in [0.05, 0.1) is 44.4 Å². The molecule has 0 aromatic carbocycles. The van der Waals surface area contributed by atoms with E-state index in [4.69, 9.17) is 37.9 Å². The van der Waals surface area contributed by atoms with Crippen LogP contribution in [0.15, 0.2) is 11.3 Å². The summed E-state index contributed by atoms with van der Waals surface area (Å²) in [4.78, 5) is 68.7. The Labute approximate surface area is 383 Å². The third-order valence-electron chi connectivity index (χ3n) is 16.3. The minimum Gasteiger partial charge on any atom is -0.467 e. The molecular formula is C49H74O16. The molecule has 0 aromatic rings. The SMILES string of the molecule is CCCCCCCCCCCCCCCC1OCC(COC(=O)OC2=C(C)[C@@H]3C[C@H]4OC(=O)C(OC(=O)CC5(O)CCCCC5)[C@H]5C6(C(=O)OC)OC[C@]45[C@H]([C@@H](O)[C@@H]6O)[C@@]3(C)CC2=O)O1. The van der Waals surface area contributed by atoms with Crippen LogP contribution in [0.5, 0.6) is 0 Å². The number of aliphatic hydroxyl groups is 3. The highest BCUT2D eigenvalue weighted by Gasteiger charge is 2.85. The number of hydrogen-bond acceptors (Lipinski definition) is 16. The molecule has 1 spiro atoms. The molecule has 2 bridgehead atoms. The zero-order chi connectivity index (χ0) is 46.6. The number of carbonyl (C=O) groups is 5. The van der Waals surface area contributed by atoms with Gasteiger partial charge in [-0.15, -0.1) is 0 Å². The third kappa shape index (κ3) is 9.77. The van der Waals surface area contributed by atoms with Gasteiger partial charge < -0.3 is 53.2 Å². The Bertz CT molecular complexity index is 1760. The van der Waals surface area contributed by atoms with Gasteiger partial charge in [0.1, 0.15) is 24.9 Å². The summed E-state index contributed by atoms with van der Waals surface area (Å²) in [5.74, 6) is -6.80. The molecule has 366 valence electrons. The molecule has 7 rings (SSSR count). The molecule has 4 unspecified atom stereocenters. The molecule has 3 N–H and O–H groups in total. The van der Waals surface area contributed by atoms with Crippen molar-refractivity contribution in [1.29, 1.82) is 0 Å². The topological polar surface area (TPSA) is 220 Å². The molecule has 12 atom stereocenters. The van der Waals surface area contributed by atoms with Crippen molar-refractivity contribution in [1.82, 2.24) is 0 Å². The first kappa shape index (κ1) is 49.7. The summed E-state index contributed by atoms with van der Waals surface area (Å²) < 4.78 is 46.1. The molecule has 0 radical (unpaired) electrons. The maximum Gasteiger partial charge on any atom is 0.514 e. The fourth-order valence-electron chi connectivity index (χ4n) is 13.2. The first-order valence-electron chi connectivity index (χ1n) is 24.7. The summed E-state index contributed by atoms with van der Waals surface area (Å²) in [5.41, 5.74) is -5.91. The molecule has 3 aliphatic heterocycles. The van der Waals surface area contributed by atoms with Crippen molar-refractivity contribution in [2.75, 3.05) is 26.9 Å². The highest BCUT2D eigenvalue weighted by molar-refractivity contribution is 5.97. The number of ketones is 1. The maximum atomic E-state index is 14.1. The standard InChI is InChI=1S/C49H74O16/c1-5-6-7-8-9-10-11-12-13-14-15-16-18-21-36-59-27-31(62-36)28-60-45(56)65-38-30(2)32-24-34-48-29-61-49(44(55)58-4,42(53)37(52)40(48)46(32,3)25-33(38)50)41(48)39(43(54)63-34)64-35(51)26-47(57)22-19-17-20-23-47/h31-32,34,36-37,39-42,52-53,57H,5-29H2,1-4H3/t31?,32-,34+,36?,37+,39?,40+,41+,42-,46-,48+,49?/m0/s1. The lowest BCUT2D eigenvalue weighted by molar-refractivity contribution is -0.290. The molecular weight excluding hydrogens is 845 g/mol. The predicted octanol–water partition coefficient (Wildman–Crippen LogP) is 6.45. The minimum atomic E-state index is -2.33. The highest BCUT2D eigenvalue weighted by Crippen LogP contribution is 2.73. The van der Waals surface area contributed by atoms with Gasteiger partial charge in [-0.2, -0.15) is 0 Å². The molecule has 16 nitrogen and oxygen atoms in total. The van der Waals surface area contributed by atoms with Crippen molar-refractivity contribution >= 4 is 29.8 Å². The third-order valence-corrected chi connectivity index (χ3v) is 16.3. The summed E-state index contributed by atoms with van der Waals surface area (Å²) in [6.45, 7) is 5.46. The van der Waals surface area contributed by atoms with Crippen LogP contribution in [0, 0.1) is 28.6 Å². The number of carbonyl (C=O) groups excluding carboxylic acids is 5. The lowest BCUT2D eigenvalue weighted by Gasteiger charge is -2.67. The second-order valence-electron chi connectivity index (χ2n) is 20.5. The predicted molar refractivity (Wildman–Crippen MR) is 230 cm³/mol. The Balaban J connectivity index is 0.960. The van der Waals surface area contributed by atoms with Gasteiger partial charge in [0, 0.05) is 17.8 Å². The van der Waals surface area contributed by atoms with Crippen molar-refractivity contribution in [2.24, 2.45) is 28.6 Å². The fourth-order valence-corrected chi connectivity index (χ4v) is 13.2. The van der Waals surface area contributed by atoms with Gasteiger partial charge in [0.25, 0.3) is 0 Å². The zero-order valence-electron chi connectivity index (χ0n) is 39.0. The average Bonchev–Trinajstić information content (AvgIpc) is 3.86. The Morgan fingerprint density at radius 2 is 1.52 bits per heavy atom. The van der Waals surface area contributed by atoms with Crippen LogP contribution in [0.4, 0.5) is 4.79 Å².